The highest BCUT2D eigenvalue weighted by molar-refractivity contribution is 5.86. The summed E-state index contributed by atoms with van der Waals surface area (Å²) in [5.41, 5.74) is 5.60. The van der Waals surface area contributed by atoms with Crippen molar-refractivity contribution in [2.24, 2.45) is 0 Å². The molecule has 0 fully saturated rings. The van der Waals surface area contributed by atoms with Gasteiger partial charge in [-0.05, 0) is 66.1 Å². The molecule has 0 heterocycles. The molecule has 4 bridgehead atoms. The molecule has 7 rings (SSSR count). The number of carbonyl (C=O) groups is 1. The van der Waals surface area contributed by atoms with E-state index in [1.165, 1.54) is 16.7 Å². The van der Waals surface area contributed by atoms with E-state index in [0.29, 0.717) is 5.75 Å². The van der Waals surface area contributed by atoms with Gasteiger partial charge in [0.05, 0.1) is 0 Å². The van der Waals surface area contributed by atoms with Gasteiger partial charge in [0.1, 0.15) is 5.75 Å². The monoisotopic (exact) mass is 343 g/mol. The van der Waals surface area contributed by atoms with Crippen LogP contribution in [0.15, 0.2) is 72.8 Å². The second kappa shape index (κ2) is 7.44. The maximum atomic E-state index is 12.3. The molecular formula is C23H21NO2. The number of amides is 1. The van der Waals surface area contributed by atoms with Gasteiger partial charge >= 0.3 is 6.09 Å². The number of anilines is 1. The van der Waals surface area contributed by atoms with E-state index < -0.39 is 6.09 Å². The van der Waals surface area contributed by atoms with Crippen LogP contribution in [0.4, 0.5) is 10.5 Å². The molecule has 1 amide bonds. The molecule has 3 heteroatoms. The van der Waals surface area contributed by atoms with E-state index in [2.05, 4.69) is 41.7 Å². The molecule has 3 aromatic rings. The van der Waals surface area contributed by atoms with Gasteiger partial charge in [-0.1, -0.05) is 54.6 Å². The third-order valence-electron chi connectivity index (χ3n) is 4.76. The van der Waals surface area contributed by atoms with Gasteiger partial charge in [-0.3, -0.25) is 5.32 Å². The van der Waals surface area contributed by atoms with Crippen molar-refractivity contribution in [2.75, 3.05) is 5.32 Å². The quantitative estimate of drug-likeness (QED) is 0.696. The summed E-state index contributed by atoms with van der Waals surface area (Å²) in [7, 11) is 0. The number of carbonyl (C=O) groups excluding carboxylic acids is 1. The van der Waals surface area contributed by atoms with Crippen molar-refractivity contribution in [3.63, 3.8) is 0 Å². The van der Waals surface area contributed by atoms with Crippen LogP contribution in [0.1, 0.15) is 22.3 Å². The highest BCUT2D eigenvalue weighted by Crippen LogP contribution is 2.25. The summed E-state index contributed by atoms with van der Waals surface area (Å²) in [6.07, 6.45) is 3.22. The first kappa shape index (κ1) is 16.4. The molecule has 130 valence electrons. The van der Waals surface area contributed by atoms with Gasteiger partial charge in [0.25, 0.3) is 0 Å². The SMILES string of the molecule is O=C(Nc1ccccc1)Oc1cc2ccc1CCc1ccc(cc1)CC2. The van der Waals surface area contributed by atoms with Gasteiger partial charge in [-0.25, -0.2) is 4.79 Å². The molecule has 4 aliphatic carbocycles. The van der Waals surface area contributed by atoms with Gasteiger partial charge in [-0.2, -0.15) is 0 Å². The maximum absolute atomic E-state index is 12.3. The van der Waals surface area contributed by atoms with Crippen molar-refractivity contribution in [3.8, 4) is 5.75 Å². The van der Waals surface area contributed by atoms with E-state index in [9.17, 15) is 4.79 Å². The minimum absolute atomic E-state index is 0.454. The van der Waals surface area contributed by atoms with E-state index in [1.807, 2.05) is 36.4 Å². The predicted molar refractivity (Wildman–Crippen MR) is 104 cm³/mol. The molecule has 0 saturated carbocycles. The number of ether oxygens (including phenoxy) is 1. The normalized spacial score (nSPS) is 12.9. The zero-order chi connectivity index (χ0) is 17.8. The molecular weight excluding hydrogens is 322 g/mol. The fourth-order valence-electron chi connectivity index (χ4n) is 3.26. The van der Waals surface area contributed by atoms with E-state index in [-0.39, 0.29) is 0 Å². The molecule has 0 aliphatic heterocycles. The Balaban J connectivity index is 1.55. The number of para-hydroxylation sites is 1. The number of aryl methyl sites for hydroxylation is 4. The Morgan fingerprint density at radius 1 is 0.731 bits per heavy atom. The fourth-order valence-corrected chi connectivity index (χ4v) is 3.26. The molecule has 0 saturated heterocycles. The summed E-state index contributed by atoms with van der Waals surface area (Å²) >= 11 is 0. The second-order valence-corrected chi connectivity index (χ2v) is 6.64. The molecule has 0 atom stereocenters. The van der Waals surface area contributed by atoms with Crippen molar-refractivity contribution in [3.05, 3.63) is 95.1 Å². The minimum Gasteiger partial charge on any atom is -0.410 e. The first-order chi connectivity index (χ1) is 12.8. The number of nitrogens with one attached hydrogen (secondary N) is 1. The van der Waals surface area contributed by atoms with Crippen molar-refractivity contribution in [2.45, 2.75) is 25.7 Å². The molecule has 0 aromatic heterocycles. The van der Waals surface area contributed by atoms with E-state index >= 15 is 0 Å². The second-order valence-electron chi connectivity index (χ2n) is 6.64. The molecule has 0 spiro atoms. The first-order valence-corrected chi connectivity index (χ1v) is 9.00. The Labute approximate surface area is 153 Å². The van der Waals surface area contributed by atoms with Crippen LogP contribution in [0, 0.1) is 0 Å². The van der Waals surface area contributed by atoms with Crippen LogP contribution in [-0.2, 0) is 25.7 Å². The van der Waals surface area contributed by atoms with Gasteiger partial charge in [0.2, 0.25) is 0 Å². The lowest BCUT2D eigenvalue weighted by Crippen LogP contribution is -2.17. The minimum atomic E-state index is -0.454. The van der Waals surface area contributed by atoms with Gasteiger partial charge in [0, 0.05) is 5.69 Å². The van der Waals surface area contributed by atoms with Crippen LogP contribution in [0.3, 0.4) is 0 Å². The van der Waals surface area contributed by atoms with Crippen LogP contribution in [0.5, 0.6) is 5.75 Å². The maximum Gasteiger partial charge on any atom is 0.417 e. The number of rotatable bonds is 2. The number of benzene rings is 3. The number of hydrogen-bond acceptors (Lipinski definition) is 2. The number of hydrogen-bond donors (Lipinski definition) is 1. The molecule has 26 heavy (non-hydrogen) atoms. The van der Waals surface area contributed by atoms with Crippen LogP contribution < -0.4 is 10.1 Å². The summed E-state index contributed by atoms with van der Waals surface area (Å²) < 4.78 is 5.66. The first-order valence-electron chi connectivity index (χ1n) is 9.00. The van der Waals surface area contributed by atoms with Crippen molar-refractivity contribution >= 4 is 11.8 Å². The van der Waals surface area contributed by atoms with Crippen LogP contribution in [-0.4, -0.2) is 6.09 Å². The fraction of sp³-hybridized carbons (Fsp3) is 0.174. The van der Waals surface area contributed by atoms with Crippen LogP contribution in [0.2, 0.25) is 0 Å². The Morgan fingerprint density at radius 3 is 2.08 bits per heavy atom. The highest BCUT2D eigenvalue weighted by Gasteiger charge is 2.12. The Hall–Kier alpha value is -3.07. The lowest BCUT2D eigenvalue weighted by molar-refractivity contribution is 0.214. The van der Waals surface area contributed by atoms with Gasteiger partial charge in [-0.15, -0.1) is 0 Å². The summed E-state index contributed by atoms with van der Waals surface area (Å²) in [6.45, 7) is 0. The Kier molecular flexibility index (Phi) is 4.69. The Bertz CT molecular complexity index is 901. The largest absolute Gasteiger partial charge is 0.417 e. The zero-order valence-electron chi connectivity index (χ0n) is 14.6. The van der Waals surface area contributed by atoms with E-state index in [4.69, 9.17) is 4.74 Å². The van der Waals surface area contributed by atoms with Crippen molar-refractivity contribution in [1.29, 1.82) is 0 Å². The standard InChI is InChI=1S/C23H21NO2/c25-23(24-21-4-2-1-3-5-21)26-22-16-19-11-10-17-6-8-18(9-7-17)12-14-20(22)15-13-19/h1-9,13,15-16H,10-12,14H2,(H,24,25). The lowest BCUT2D eigenvalue weighted by Gasteiger charge is -2.14. The summed E-state index contributed by atoms with van der Waals surface area (Å²) in [6, 6.07) is 24.4. The third-order valence-corrected chi connectivity index (χ3v) is 4.76. The summed E-state index contributed by atoms with van der Waals surface area (Å²) in [5.74, 6) is 0.658. The topological polar surface area (TPSA) is 38.3 Å². The third kappa shape index (κ3) is 3.94. The van der Waals surface area contributed by atoms with Crippen molar-refractivity contribution < 1.29 is 9.53 Å². The lowest BCUT2D eigenvalue weighted by atomic mass is 9.96. The smallest absolute Gasteiger partial charge is 0.410 e. The van der Waals surface area contributed by atoms with E-state index in [1.54, 1.807) is 0 Å². The van der Waals surface area contributed by atoms with Gasteiger partial charge < -0.3 is 4.74 Å². The molecule has 1 N–H and O–H groups in total. The zero-order valence-corrected chi connectivity index (χ0v) is 14.6. The highest BCUT2D eigenvalue weighted by atomic mass is 16.6. The average molecular weight is 343 g/mol. The molecule has 3 nitrogen and oxygen atoms in total. The van der Waals surface area contributed by atoms with Crippen LogP contribution >= 0.6 is 0 Å². The summed E-state index contributed by atoms with van der Waals surface area (Å²) in [5, 5.41) is 2.78. The summed E-state index contributed by atoms with van der Waals surface area (Å²) in [4.78, 5) is 12.3. The average Bonchev–Trinajstić information content (AvgIpc) is 2.65. The molecule has 0 unspecified atom stereocenters. The van der Waals surface area contributed by atoms with E-state index in [0.717, 1.165) is 36.9 Å². The Morgan fingerprint density at radius 2 is 1.35 bits per heavy atom. The molecule has 3 aromatic carbocycles. The van der Waals surface area contributed by atoms with Crippen molar-refractivity contribution in [1.82, 2.24) is 0 Å². The molecule has 4 aliphatic rings. The molecule has 0 radical (unpaired) electrons. The van der Waals surface area contributed by atoms with Gasteiger partial charge in [0.15, 0.2) is 0 Å². The predicted octanol–water partition coefficient (Wildman–Crippen LogP) is 5.18. The van der Waals surface area contributed by atoms with Crippen LogP contribution in [0.25, 0.3) is 0 Å².